The van der Waals surface area contributed by atoms with Crippen LogP contribution < -0.4 is 4.90 Å². The highest BCUT2D eigenvalue weighted by Crippen LogP contribution is 2.59. The van der Waals surface area contributed by atoms with Gasteiger partial charge in [-0.2, -0.15) is 0 Å². The molecule has 59 heavy (non-hydrogen) atoms. The zero-order chi connectivity index (χ0) is 39.7. The van der Waals surface area contributed by atoms with E-state index in [2.05, 4.69) is 199 Å². The minimum atomic E-state index is -0.266. The summed E-state index contributed by atoms with van der Waals surface area (Å²) < 4.78 is 2.50. The first-order valence-electron chi connectivity index (χ1n) is 20.8. The standard InChI is InChI=1S/C55H44N4/c1-36-19-17-18-34-58(40-32-30-38(31-33-40)46-35-45(37-20-7-4-8-21-37)56-54(57-46)39-22-9-5-10-23-39)52-48(36)49-42-26-13-15-28-44(42)55(2,3)51(49)53-50(52)43-27-14-16-29-47(43)59(53)41-24-11-6-12-25-41/h4-9,11-20,22,24-35,37H,1,10,21,23H2,2-3H3/b19-17-,34-18-. The highest BCUT2D eigenvalue weighted by molar-refractivity contribution is 6.23. The maximum Gasteiger partial charge on any atom is 0.156 e. The van der Waals surface area contributed by atoms with E-state index in [-0.39, 0.29) is 11.3 Å². The van der Waals surface area contributed by atoms with E-state index in [1.807, 2.05) is 0 Å². The number of hydrogen-bond acceptors (Lipinski definition) is 3. The summed E-state index contributed by atoms with van der Waals surface area (Å²) in [5.74, 6) is 1.05. The molecule has 1 atom stereocenters. The Balaban J connectivity index is 1.16. The van der Waals surface area contributed by atoms with E-state index in [0.29, 0.717) is 0 Å². The molecule has 0 N–H and O–H groups in total. The lowest BCUT2D eigenvalue weighted by atomic mass is 9.79. The van der Waals surface area contributed by atoms with Gasteiger partial charge in [0.05, 0.1) is 28.1 Å². The molecular weight excluding hydrogens is 717 g/mol. The van der Waals surface area contributed by atoms with E-state index in [0.717, 1.165) is 64.7 Å². The molecule has 3 heterocycles. The van der Waals surface area contributed by atoms with Crippen molar-refractivity contribution in [2.75, 3.05) is 4.90 Å². The summed E-state index contributed by atoms with van der Waals surface area (Å²) in [6.07, 6.45) is 26.8. The Morgan fingerprint density at radius 1 is 0.746 bits per heavy atom. The van der Waals surface area contributed by atoms with E-state index < -0.39 is 0 Å². The normalized spacial score (nSPS) is 18.6. The van der Waals surface area contributed by atoms with E-state index in [1.54, 1.807) is 0 Å². The highest BCUT2D eigenvalue weighted by atomic mass is 15.1. The van der Waals surface area contributed by atoms with Crippen LogP contribution in [-0.2, 0) is 5.41 Å². The van der Waals surface area contributed by atoms with Gasteiger partial charge in [0.1, 0.15) is 0 Å². The van der Waals surface area contributed by atoms with Crippen LogP contribution in [0.1, 0.15) is 67.2 Å². The molecule has 4 heteroatoms. The molecule has 4 nitrogen and oxygen atoms in total. The van der Waals surface area contributed by atoms with E-state index in [1.165, 1.54) is 55.2 Å². The molecular formula is C55H44N4. The SMILES string of the molecule is C=C1/C=C\C=C/N(c2ccc(-c3cc(C4C=CC=CC4)nc(C4=CC=CCC4)n3)cc2)c2c1c1c(c3c2c2ccccc2n3-c2ccccc2)C(C)(C)c2ccccc2-1. The smallest absolute Gasteiger partial charge is 0.156 e. The van der Waals surface area contributed by atoms with Crippen molar-refractivity contribution in [3.63, 3.8) is 0 Å². The van der Waals surface area contributed by atoms with E-state index in [9.17, 15) is 0 Å². The first-order chi connectivity index (χ1) is 29.0. The molecule has 3 aliphatic carbocycles. The zero-order valence-corrected chi connectivity index (χ0v) is 33.4. The molecule has 0 spiro atoms. The van der Waals surface area contributed by atoms with Gasteiger partial charge in [0.25, 0.3) is 0 Å². The topological polar surface area (TPSA) is 34.0 Å². The van der Waals surface area contributed by atoms with Gasteiger partial charge in [-0.3, -0.25) is 0 Å². The molecule has 0 saturated heterocycles. The first-order valence-corrected chi connectivity index (χ1v) is 20.8. The quantitative estimate of drug-likeness (QED) is 0.175. The van der Waals surface area contributed by atoms with Gasteiger partial charge in [-0.1, -0.05) is 148 Å². The Morgan fingerprint density at radius 2 is 1.56 bits per heavy atom. The van der Waals surface area contributed by atoms with Gasteiger partial charge in [0.2, 0.25) is 0 Å². The summed E-state index contributed by atoms with van der Waals surface area (Å²) in [6, 6.07) is 39.9. The summed E-state index contributed by atoms with van der Waals surface area (Å²) in [7, 11) is 0. The molecule has 0 amide bonds. The molecule has 0 fully saturated rings. The van der Waals surface area contributed by atoms with Crippen LogP contribution >= 0.6 is 0 Å². The number of nitrogens with zero attached hydrogens (tertiary/aromatic N) is 4. The summed E-state index contributed by atoms with van der Waals surface area (Å²) in [4.78, 5) is 12.8. The van der Waals surface area contributed by atoms with Crippen LogP contribution in [-0.4, -0.2) is 14.5 Å². The Kier molecular flexibility index (Phi) is 8.23. The fourth-order valence-electron chi connectivity index (χ4n) is 9.87. The summed E-state index contributed by atoms with van der Waals surface area (Å²) >= 11 is 0. The average molecular weight is 761 g/mol. The summed E-state index contributed by atoms with van der Waals surface area (Å²) in [5, 5.41) is 2.43. The molecule has 284 valence electrons. The van der Waals surface area contributed by atoms with Crippen LogP contribution in [0.2, 0.25) is 0 Å². The Bertz CT molecular complexity index is 3050. The van der Waals surface area contributed by atoms with Crippen LogP contribution in [0.3, 0.4) is 0 Å². The number of para-hydroxylation sites is 2. The molecule has 0 radical (unpaired) electrons. The second kappa shape index (κ2) is 13.8. The number of hydrogen-bond donors (Lipinski definition) is 0. The monoisotopic (exact) mass is 760 g/mol. The van der Waals surface area contributed by atoms with E-state index in [4.69, 9.17) is 16.5 Å². The van der Waals surface area contributed by atoms with Crippen molar-refractivity contribution in [2.45, 2.75) is 44.4 Å². The van der Waals surface area contributed by atoms with Crippen LogP contribution in [0, 0.1) is 0 Å². The van der Waals surface area contributed by atoms with Crippen LogP contribution in [0.5, 0.6) is 0 Å². The maximum absolute atomic E-state index is 5.21. The van der Waals surface area contributed by atoms with Crippen molar-refractivity contribution >= 4 is 44.3 Å². The molecule has 7 aromatic rings. The second-order valence-electron chi connectivity index (χ2n) is 16.5. The van der Waals surface area contributed by atoms with Crippen molar-refractivity contribution in [3.05, 3.63) is 211 Å². The number of benzene rings is 5. The predicted molar refractivity (Wildman–Crippen MR) is 247 cm³/mol. The molecule has 4 aliphatic rings. The van der Waals surface area contributed by atoms with Gasteiger partial charge in [-0.05, 0) is 95.1 Å². The van der Waals surface area contributed by atoms with Crippen molar-refractivity contribution in [2.24, 2.45) is 0 Å². The Labute approximate surface area is 345 Å². The van der Waals surface area contributed by atoms with Gasteiger partial charge in [0.15, 0.2) is 5.82 Å². The number of anilines is 2. The third kappa shape index (κ3) is 5.58. The van der Waals surface area contributed by atoms with Crippen molar-refractivity contribution in [3.8, 4) is 28.1 Å². The minimum Gasteiger partial charge on any atom is -0.316 e. The van der Waals surface area contributed by atoms with Crippen molar-refractivity contribution in [1.82, 2.24) is 14.5 Å². The lowest BCUT2D eigenvalue weighted by Gasteiger charge is -2.31. The molecule has 2 aromatic heterocycles. The first kappa shape index (κ1) is 35.1. The van der Waals surface area contributed by atoms with Crippen LogP contribution in [0.25, 0.3) is 61.0 Å². The summed E-state index contributed by atoms with van der Waals surface area (Å²) in [6.45, 7) is 9.58. The molecule has 1 aliphatic heterocycles. The van der Waals surface area contributed by atoms with Gasteiger partial charge < -0.3 is 9.47 Å². The minimum absolute atomic E-state index is 0.223. The fourth-order valence-corrected chi connectivity index (χ4v) is 9.87. The number of aromatic nitrogens is 3. The van der Waals surface area contributed by atoms with Gasteiger partial charge in [-0.25, -0.2) is 9.97 Å². The molecule has 0 saturated carbocycles. The molecule has 5 aromatic carbocycles. The lowest BCUT2D eigenvalue weighted by molar-refractivity contribution is 0.664. The zero-order valence-electron chi connectivity index (χ0n) is 33.4. The third-order valence-corrected chi connectivity index (χ3v) is 12.6. The highest BCUT2D eigenvalue weighted by Gasteiger charge is 2.42. The number of rotatable bonds is 5. The van der Waals surface area contributed by atoms with Gasteiger partial charge >= 0.3 is 0 Å². The second-order valence-corrected chi connectivity index (χ2v) is 16.5. The summed E-state index contributed by atoms with van der Waals surface area (Å²) in [5.41, 5.74) is 17.1. The Morgan fingerprint density at radius 3 is 2.37 bits per heavy atom. The third-order valence-electron chi connectivity index (χ3n) is 12.6. The average Bonchev–Trinajstić information content (AvgIpc) is 3.74. The van der Waals surface area contributed by atoms with Crippen LogP contribution in [0.4, 0.5) is 11.4 Å². The van der Waals surface area contributed by atoms with Gasteiger partial charge in [0, 0.05) is 50.8 Å². The molecule has 11 rings (SSSR count). The van der Waals surface area contributed by atoms with Gasteiger partial charge in [-0.15, -0.1) is 0 Å². The van der Waals surface area contributed by atoms with Crippen LogP contribution in [0.15, 0.2) is 183 Å². The number of fused-ring (bicyclic) bond motifs is 10. The predicted octanol–water partition coefficient (Wildman–Crippen LogP) is 14.1. The van der Waals surface area contributed by atoms with Crippen molar-refractivity contribution < 1.29 is 0 Å². The molecule has 1 unspecified atom stereocenters. The van der Waals surface area contributed by atoms with Crippen molar-refractivity contribution in [1.29, 1.82) is 0 Å². The van der Waals surface area contributed by atoms with E-state index >= 15 is 0 Å². The largest absolute Gasteiger partial charge is 0.316 e. The number of allylic oxidation sites excluding steroid dienone is 12. The molecule has 0 bridgehead atoms. The fraction of sp³-hybridized carbons (Fsp3) is 0.127. The lowest BCUT2D eigenvalue weighted by Crippen LogP contribution is -2.18. The Hall–Kier alpha value is -7.04. The maximum atomic E-state index is 5.21.